The second kappa shape index (κ2) is 8.19. The number of amides is 1. The van der Waals surface area contributed by atoms with Crippen molar-refractivity contribution in [2.45, 2.75) is 24.9 Å². The maximum absolute atomic E-state index is 11.6. The van der Waals surface area contributed by atoms with Crippen LogP contribution in [0.2, 0.25) is 0 Å². The summed E-state index contributed by atoms with van der Waals surface area (Å²) in [6, 6.07) is 19.7. The summed E-state index contributed by atoms with van der Waals surface area (Å²) in [5.74, 6) is 1.83. The highest BCUT2D eigenvalue weighted by molar-refractivity contribution is 6.00. The first-order chi connectivity index (χ1) is 15.6. The number of pyridine rings is 1. The van der Waals surface area contributed by atoms with E-state index < -0.39 is 0 Å². The van der Waals surface area contributed by atoms with E-state index in [9.17, 15) is 4.79 Å². The number of hydrogen-bond donors (Lipinski definition) is 2. The minimum atomic E-state index is -0.147. The molecule has 0 bridgehead atoms. The molecule has 1 aliphatic rings. The third-order valence-corrected chi connectivity index (χ3v) is 5.75. The summed E-state index contributed by atoms with van der Waals surface area (Å²) < 4.78 is 7.91. The third kappa shape index (κ3) is 3.69. The van der Waals surface area contributed by atoms with Crippen molar-refractivity contribution in [3.63, 3.8) is 0 Å². The van der Waals surface area contributed by atoms with Crippen LogP contribution in [0.5, 0.6) is 11.5 Å². The van der Waals surface area contributed by atoms with Crippen LogP contribution in [-0.4, -0.2) is 26.7 Å². The molecule has 1 saturated carbocycles. The van der Waals surface area contributed by atoms with Gasteiger partial charge in [0.15, 0.2) is 0 Å². The molecule has 0 aliphatic heterocycles. The molecule has 0 atom stereocenters. The molecule has 1 aliphatic carbocycles. The molecule has 32 heavy (non-hydrogen) atoms. The van der Waals surface area contributed by atoms with Crippen LogP contribution in [0.15, 0.2) is 79.5 Å². The van der Waals surface area contributed by atoms with Crippen LogP contribution in [0.25, 0.3) is 22.2 Å². The normalized spacial score (nSPS) is 17.5. The van der Waals surface area contributed by atoms with Gasteiger partial charge in [-0.15, -0.1) is 0 Å². The van der Waals surface area contributed by atoms with Crippen LogP contribution < -0.4 is 15.8 Å². The summed E-state index contributed by atoms with van der Waals surface area (Å²) in [6.07, 6.45) is 4.61. The van der Waals surface area contributed by atoms with Crippen molar-refractivity contribution in [3.05, 3.63) is 79.5 Å². The smallest absolute Gasteiger partial charge is 0.243 e. The summed E-state index contributed by atoms with van der Waals surface area (Å²) in [6.45, 7) is 3.51. The minimum absolute atomic E-state index is 0.127. The van der Waals surface area contributed by atoms with E-state index >= 15 is 0 Å². The van der Waals surface area contributed by atoms with Gasteiger partial charge >= 0.3 is 0 Å². The number of benzene rings is 2. The van der Waals surface area contributed by atoms with E-state index in [1.54, 1.807) is 6.20 Å². The standard InChI is InChI=1S/C25H23N5O2/c1-2-22(31)28-17-14-18(15-17)30-21-12-13-27-25(26)23(21)24(29-30)16-8-10-20(11-9-16)32-19-6-4-3-5-7-19/h2-13,17-18H,1,14-15H2,(H2,26,27)(H,28,31). The van der Waals surface area contributed by atoms with Gasteiger partial charge in [0.25, 0.3) is 0 Å². The van der Waals surface area contributed by atoms with Crippen molar-refractivity contribution in [2.24, 2.45) is 0 Å². The largest absolute Gasteiger partial charge is 0.457 e. The number of carbonyl (C=O) groups excluding carboxylic acids is 1. The Morgan fingerprint density at radius 3 is 2.53 bits per heavy atom. The fourth-order valence-corrected chi connectivity index (χ4v) is 4.06. The molecule has 2 aromatic heterocycles. The predicted octanol–water partition coefficient (Wildman–Crippen LogP) is 4.48. The molecule has 0 unspecified atom stereocenters. The lowest BCUT2D eigenvalue weighted by atomic mass is 9.86. The van der Waals surface area contributed by atoms with E-state index in [0.29, 0.717) is 5.82 Å². The quantitative estimate of drug-likeness (QED) is 0.444. The number of nitrogens with zero attached hydrogens (tertiary/aromatic N) is 3. The lowest BCUT2D eigenvalue weighted by molar-refractivity contribution is -0.117. The molecule has 1 amide bonds. The molecule has 5 rings (SSSR count). The van der Waals surface area contributed by atoms with Crippen LogP contribution in [0.3, 0.4) is 0 Å². The Kier molecular flexibility index (Phi) is 5.07. The number of aromatic nitrogens is 3. The fourth-order valence-electron chi connectivity index (χ4n) is 4.06. The highest BCUT2D eigenvalue weighted by Crippen LogP contribution is 2.39. The monoisotopic (exact) mass is 425 g/mol. The topological polar surface area (TPSA) is 95.1 Å². The molecule has 0 saturated heterocycles. The second-order valence-electron chi connectivity index (χ2n) is 7.86. The fraction of sp³-hybridized carbons (Fsp3) is 0.160. The highest BCUT2D eigenvalue weighted by Gasteiger charge is 2.33. The molecule has 2 aromatic carbocycles. The molecular weight excluding hydrogens is 402 g/mol. The van der Waals surface area contributed by atoms with Crippen molar-refractivity contribution in [1.82, 2.24) is 20.1 Å². The van der Waals surface area contributed by atoms with Crippen molar-refractivity contribution >= 4 is 22.6 Å². The molecule has 0 radical (unpaired) electrons. The zero-order valence-corrected chi connectivity index (χ0v) is 17.4. The SMILES string of the molecule is C=CC(=O)NC1CC(n2nc(-c3ccc(Oc4ccccc4)cc3)c3c(N)nccc32)C1. The molecule has 160 valence electrons. The van der Waals surface area contributed by atoms with Gasteiger partial charge in [0.2, 0.25) is 5.91 Å². The van der Waals surface area contributed by atoms with E-state index in [0.717, 1.165) is 46.5 Å². The number of nitrogen functional groups attached to an aromatic ring is 1. The van der Waals surface area contributed by atoms with Crippen molar-refractivity contribution in [2.75, 3.05) is 5.73 Å². The van der Waals surface area contributed by atoms with E-state index in [2.05, 4.69) is 16.9 Å². The predicted molar refractivity (Wildman–Crippen MR) is 124 cm³/mol. The van der Waals surface area contributed by atoms with Crippen molar-refractivity contribution < 1.29 is 9.53 Å². The Morgan fingerprint density at radius 2 is 1.81 bits per heavy atom. The zero-order chi connectivity index (χ0) is 22.1. The number of carbonyl (C=O) groups is 1. The van der Waals surface area contributed by atoms with Crippen LogP contribution in [-0.2, 0) is 4.79 Å². The first-order valence-corrected chi connectivity index (χ1v) is 10.5. The lowest BCUT2D eigenvalue weighted by Gasteiger charge is -2.36. The van der Waals surface area contributed by atoms with Crippen LogP contribution in [0, 0.1) is 0 Å². The number of nitrogens with one attached hydrogen (secondary N) is 1. The summed E-state index contributed by atoms with van der Waals surface area (Å²) in [5, 5.41) is 8.69. The van der Waals surface area contributed by atoms with Gasteiger partial charge < -0.3 is 15.8 Å². The molecular formula is C25H23N5O2. The molecule has 4 aromatic rings. The number of hydrogen-bond acceptors (Lipinski definition) is 5. The van der Waals surface area contributed by atoms with Gasteiger partial charge in [-0.3, -0.25) is 9.48 Å². The Hall–Kier alpha value is -4.13. The number of nitrogens with two attached hydrogens (primary N) is 1. The van der Waals surface area contributed by atoms with Crippen LogP contribution in [0.4, 0.5) is 5.82 Å². The van der Waals surface area contributed by atoms with Gasteiger partial charge in [-0.05, 0) is 61.4 Å². The second-order valence-corrected chi connectivity index (χ2v) is 7.86. The molecule has 0 spiro atoms. The van der Waals surface area contributed by atoms with Crippen molar-refractivity contribution in [1.29, 1.82) is 0 Å². The van der Waals surface area contributed by atoms with Crippen LogP contribution >= 0.6 is 0 Å². The Morgan fingerprint density at radius 1 is 1.09 bits per heavy atom. The number of fused-ring (bicyclic) bond motifs is 1. The number of anilines is 1. The van der Waals surface area contributed by atoms with Gasteiger partial charge in [0.1, 0.15) is 23.0 Å². The summed E-state index contributed by atoms with van der Waals surface area (Å²) >= 11 is 0. The molecule has 2 heterocycles. The maximum Gasteiger partial charge on any atom is 0.243 e. The number of ether oxygens (including phenoxy) is 1. The zero-order valence-electron chi connectivity index (χ0n) is 17.4. The van der Waals surface area contributed by atoms with E-state index in [1.807, 2.05) is 65.3 Å². The van der Waals surface area contributed by atoms with E-state index in [1.165, 1.54) is 6.08 Å². The Balaban J connectivity index is 1.43. The summed E-state index contributed by atoms with van der Waals surface area (Å²) in [5.41, 5.74) is 8.92. The highest BCUT2D eigenvalue weighted by atomic mass is 16.5. The summed E-state index contributed by atoms with van der Waals surface area (Å²) in [4.78, 5) is 15.8. The Labute approximate surface area is 185 Å². The summed E-state index contributed by atoms with van der Waals surface area (Å²) in [7, 11) is 0. The maximum atomic E-state index is 11.6. The molecule has 1 fully saturated rings. The van der Waals surface area contributed by atoms with Gasteiger partial charge in [0.05, 0.1) is 16.9 Å². The van der Waals surface area contributed by atoms with E-state index in [-0.39, 0.29) is 18.0 Å². The molecule has 7 heteroatoms. The average Bonchev–Trinajstić information content (AvgIpc) is 3.17. The van der Waals surface area contributed by atoms with E-state index in [4.69, 9.17) is 15.6 Å². The minimum Gasteiger partial charge on any atom is -0.457 e. The van der Waals surface area contributed by atoms with Gasteiger partial charge in [0, 0.05) is 17.8 Å². The third-order valence-electron chi connectivity index (χ3n) is 5.75. The first kappa shape index (κ1) is 19.8. The Bertz CT molecular complexity index is 1280. The lowest BCUT2D eigenvalue weighted by Crippen LogP contribution is -2.44. The molecule has 3 N–H and O–H groups in total. The van der Waals surface area contributed by atoms with Gasteiger partial charge in [-0.1, -0.05) is 24.8 Å². The van der Waals surface area contributed by atoms with Gasteiger partial charge in [-0.2, -0.15) is 5.10 Å². The van der Waals surface area contributed by atoms with Crippen molar-refractivity contribution in [3.8, 4) is 22.8 Å². The number of para-hydroxylation sites is 1. The molecule has 7 nitrogen and oxygen atoms in total. The van der Waals surface area contributed by atoms with Crippen LogP contribution in [0.1, 0.15) is 18.9 Å². The first-order valence-electron chi connectivity index (χ1n) is 10.5. The van der Waals surface area contributed by atoms with Gasteiger partial charge in [-0.25, -0.2) is 4.98 Å². The average molecular weight is 425 g/mol. The number of rotatable bonds is 6.